The maximum atomic E-state index is 8.65. The molecule has 0 aromatic heterocycles. The number of benzene rings is 1. The van der Waals surface area contributed by atoms with Crippen molar-refractivity contribution in [3.8, 4) is 0 Å². The normalized spacial score (nSPS) is 9.30. The topological polar surface area (TPSA) is 32.6 Å². The molecule has 0 bridgehead atoms. The van der Waals surface area contributed by atoms with Gasteiger partial charge in [0.05, 0.1) is 12.3 Å². The van der Waals surface area contributed by atoms with Gasteiger partial charge in [0.15, 0.2) is 0 Å². The van der Waals surface area contributed by atoms with Crippen LogP contribution in [-0.2, 0) is 6.61 Å². The highest BCUT2D eigenvalue weighted by Gasteiger charge is 1.88. The van der Waals surface area contributed by atoms with Crippen molar-refractivity contribution in [1.82, 2.24) is 0 Å². The first-order chi connectivity index (χ1) is 4.86. The molecular formula is C8H9NO. The van der Waals surface area contributed by atoms with Crippen LogP contribution in [0.3, 0.4) is 0 Å². The third kappa shape index (κ3) is 1.42. The Labute approximate surface area is 59.9 Å². The fourth-order valence-corrected chi connectivity index (χ4v) is 0.707. The highest BCUT2D eigenvalue weighted by atomic mass is 16.3. The molecule has 0 unspecified atom stereocenters. The number of aliphatic imine (C=N–C) groups is 1. The number of hydrogen-bond donors (Lipinski definition) is 1. The summed E-state index contributed by atoms with van der Waals surface area (Å²) in [6.45, 7) is 3.45. The standard InChI is InChI=1S/C8H9NO/c1-9-8-4-2-7(6-10)3-5-8/h2-5,10H,1,6H2. The largest absolute Gasteiger partial charge is 0.392 e. The molecule has 0 radical (unpaired) electrons. The quantitative estimate of drug-likeness (QED) is 0.612. The Morgan fingerprint density at radius 3 is 2.30 bits per heavy atom. The van der Waals surface area contributed by atoms with Gasteiger partial charge in [-0.25, -0.2) is 0 Å². The van der Waals surface area contributed by atoms with E-state index in [4.69, 9.17) is 5.11 Å². The first kappa shape index (κ1) is 6.96. The van der Waals surface area contributed by atoms with E-state index in [0.717, 1.165) is 11.3 Å². The van der Waals surface area contributed by atoms with E-state index < -0.39 is 0 Å². The van der Waals surface area contributed by atoms with Crippen molar-refractivity contribution < 1.29 is 5.11 Å². The summed E-state index contributed by atoms with van der Waals surface area (Å²) in [6.07, 6.45) is 0. The van der Waals surface area contributed by atoms with Crippen LogP contribution < -0.4 is 0 Å². The van der Waals surface area contributed by atoms with Crippen molar-refractivity contribution in [2.75, 3.05) is 0 Å². The lowest BCUT2D eigenvalue weighted by Gasteiger charge is -1.94. The summed E-state index contributed by atoms with van der Waals surface area (Å²) < 4.78 is 0. The van der Waals surface area contributed by atoms with Crippen LogP contribution in [0, 0.1) is 0 Å². The van der Waals surface area contributed by atoms with Gasteiger partial charge in [-0.05, 0) is 24.4 Å². The summed E-state index contributed by atoms with van der Waals surface area (Å²) in [5.74, 6) is 0. The van der Waals surface area contributed by atoms with Crippen molar-refractivity contribution in [2.45, 2.75) is 6.61 Å². The van der Waals surface area contributed by atoms with E-state index in [2.05, 4.69) is 11.7 Å². The summed E-state index contributed by atoms with van der Waals surface area (Å²) in [4.78, 5) is 3.71. The Hall–Kier alpha value is -1.15. The lowest BCUT2D eigenvalue weighted by molar-refractivity contribution is 0.282. The molecule has 1 aromatic rings. The molecule has 10 heavy (non-hydrogen) atoms. The molecule has 0 aliphatic rings. The molecule has 1 N–H and O–H groups in total. The third-order valence-electron chi connectivity index (χ3n) is 1.30. The summed E-state index contributed by atoms with van der Waals surface area (Å²) in [5, 5.41) is 8.65. The minimum absolute atomic E-state index is 0.0808. The number of aliphatic hydroxyl groups excluding tert-OH is 1. The Morgan fingerprint density at radius 2 is 1.90 bits per heavy atom. The van der Waals surface area contributed by atoms with E-state index in [0.29, 0.717) is 0 Å². The zero-order valence-electron chi connectivity index (χ0n) is 5.62. The molecule has 0 heterocycles. The minimum Gasteiger partial charge on any atom is -0.392 e. The lowest BCUT2D eigenvalue weighted by atomic mass is 10.2. The summed E-state index contributed by atoms with van der Waals surface area (Å²) in [6, 6.07) is 7.28. The van der Waals surface area contributed by atoms with Crippen molar-refractivity contribution in [3.05, 3.63) is 29.8 Å². The van der Waals surface area contributed by atoms with Gasteiger partial charge in [-0.15, -0.1) is 0 Å². The van der Waals surface area contributed by atoms with Gasteiger partial charge in [0.2, 0.25) is 0 Å². The molecule has 0 fully saturated rings. The van der Waals surface area contributed by atoms with Gasteiger partial charge in [-0.1, -0.05) is 12.1 Å². The fraction of sp³-hybridized carbons (Fsp3) is 0.125. The maximum Gasteiger partial charge on any atom is 0.0681 e. The van der Waals surface area contributed by atoms with E-state index in [9.17, 15) is 0 Å². The number of rotatable bonds is 2. The first-order valence-corrected chi connectivity index (χ1v) is 3.03. The second-order valence-electron chi connectivity index (χ2n) is 1.98. The van der Waals surface area contributed by atoms with Crippen LogP contribution in [-0.4, -0.2) is 11.8 Å². The van der Waals surface area contributed by atoms with Gasteiger partial charge in [0.25, 0.3) is 0 Å². The van der Waals surface area contributed by atoms with Crippen molar-refractivity contribution in [1.29, 1.82) is 0 Å². The molecule has 0 atom stereocenters. The van der Waals surface area contributed by atoms with E-state index >= 15 is 0 Å². The number of hydrogen-bond acceptors (Lipinski definition) is 2. The van der Waals surface area contributed by atoms with E-state index in [-0.39, 0.29) is 6.61 Å². The molecule has 0 spiro atoms. The van der Waals surface area contributed by atoms with Crippen LogP contribution in [0.5, 0.6) is 0 Å². The minimum atomic E-state index is 0.0808. The van der Waals surface area contributed by atoms with Gasteiger partial charge in [-0.3, -0.25) is 4.99 Å². The molecule has 0 saturated heterocycles. The lowest BCUT2D eigenvalue weighted by Crippen LogP contribution is -1.79. The smallest absolute Gasteiger partial charge is 0.0681 e. The van der Waals surface area contributed by atoms with Gasteiger partial charge in [0.1, 0.15) is 0 Å². The van der Waals surface area contributed by atoms with Gasteiger partial charge in [0, 0.05) is 0 Å². The monoisotopic (exact) mass is 135 g/mol. The maximum absolute atomic E-state index is 8.65. The molecule has 52 valence electrons. The highest BCUT2D eigenvalue weighted by Crippen LogP contribution is 2.11. The van der Waals surface area contributed by atoms with Crippen molar-refractivity contribution >= 4 is 12.4 Å². The molecule has 1 aromatic carbocycles. The fourth-order valence-electron chi connectivity index (χ4n) is 0.707. The molecule has 1 rings (SSSR count). The van der Waals surface area contributed by atoms with Crippen LogP contribution in [0.4, 0.5) is 5.69 Å². The summed E-state index contributed by atoms with van der Waals surface area (Å²) in [5.41, 5.74) is 1.73. The van der Waals surface area contributed by atoms with Crippen molar-refractivity contribution in [2.24, 2.45) is 4.99 Å². The molecule has 0 aliphatic carbocycles. The number of nitrogens with zero attached hydrogens (tertiary/aromatic N) is 1. The van der Waals surface area contributed by atoms with Crippen LogP contribution in [0.1, 0.15) is 5.56 Å². The van der Waals surface area contributed by atoms with Crippen LogP contribution in [0.15, 0.2) is 29.3 Å². The van der Waals surface area contributed by atoms with Gasteiger partial charge in [-0.2, -0.15) is 0 Å². The van der Waals surface area contributed by atoms with Crippen LogP contribution in [0.2, 0.25) is 0 Å². The third-order valence-corrected chi connectivity index (χ3v) is 1.30. The zero-order chi connectivity index (χ0) is 7.40. The first-order valence-electron chi connectivity index (χ1n) is 3.03. The predicted molar refractivity (Wildman–Crippen MR) is 41.6 cm³/mol. The Kier molecular flexibility index (Phi) is 2.18. The molecule has 0 aliphatic heterocycles. The van der Waals surface area contributed by atoms with Gasteiger partial charge < -0.3 is 5.11 Å². The molecule has 0 amide bonds. The Morgan fingerprint density at radius 1 is 1.30 bits per heavy atom. The van der Waals surface area contributed by atoms with E-state index in [1.807, 2.05) is 24.3 Å². The summed E-state index contributed by atoms with van der Waals surface area (Å²) >= 11 is 0. The Balaban J connectivity index is 2.90. The molecule has 2 heteroatoms. The van der Waals surface area contributed by atoms with E-state index in [1.54, 1.807) is 0 Å². The SMILES string of the molecule is C=Nc1ccc(CO)cc1. The van der Waals surface area contributed by atoms with Crippen LogP contribution >= 0.6 is 0 Å². The number of aliphatic hydroxyl groups is 1. The summed E-state index contributed by atoms with van der Waals surface area (Å²) in [7, 11) is 0. The van der Waals surface area contributed by atoms with Gasteiger partial charge >= 0.3 is 0 Å². The average Bonchev–Trinajstić information content (AvgIpc) is 2.05. The second-order valence-corrected chi connectivity index (χ2v) is 1.98. The zero-order valence-corrected chi connectivity index (χ0v) is 5.62. The van der Waals surface area contributed by atoms with E-state index in [1.165, 1.54) is 0 Å². The second kappa shape index (κ2) is 3.13. The molecular weight excluding hydrogens is 126 g/mol. The average molecular weight is 135 g/mol. The molecule has 0 saturated carbocycles. The molecule has 2 nitrogen and oxygen atoms in total. The van der Waals surface area contributed by atoms with Crippen LogP contribution in [0.25, 0.3) is 0 Å². The Bertz CT molecular complexity index is 215. The highest BCUT2D eigenvalue weighted by molar-refractivity contribution is 5.45. The van der Waals surface area contributed by atoms with Crippen molar-refractivity contribution in [3.63, 3.8) is 0 Å². The predicted octanol–water partition coefficient (Wildman–Crippen LogP) is 1.51.